The Morgan fingerprint density at radius 2 is 2.25 bits per heavy atom. The molecule has 0 fully saturated rings. The molecule has 4 heteroatoms. The first-order chi connectivity index (χ1) is 5.38. The molecule has 0 aliphatic heterocycles. The highest BCUT2D eigenvalue weighted by Gasteiger charge is 2.14. The molecule has 68 valence electrons. The zero-order valence-electron chi connectivity index (χ0n) is 7.50. The molecule has 0 aromatic carbocycles. The van der Waals surface area contributed by atoms with Crippen LogP contribution in [-0.2, 0) is 6.54 Å². The van der Waals surface area contributed by atoms with Gasteiger partial charge in [-0.25, -0.2) is 4.98 Å². The average molecular weight is 280 g/mol. The van der Waals surface area contributed by atoms with Crippen molar-refractivity contribution in [3.8, 4) is 0 Å². The van der Waals surface area contributed by atoms with Crippen LogP contribution in [0.2, 0.25) is 0 Å². The fourth-order valence-electron chi connectivity index (χ4n) is 1.05. The van der Waals surface area contributed by atoms with Gasteiger partial charge >= 0.3 is 0 Å². The second kappa shape index (κ2) is 3.33. The highest BCUT2D eigenvalue weighted by molar-refractivity contribution is 14.1. The zero-order valence-corrected chi connectivity index (χ0v) is 9.66. The van der Waals surface area contributed by atoms with Crippen molar-refractivity contribution in [2.75, 3.05) is 0 Å². The van der Waals surface area contributed by atoms with Gasteiger partial charge in [-0.3, -0.25) is 0 Å². The molecule has 0 radical (unpaired) electrons. The lowest BCUT2D eigenvalue weighted by Gasteiger charge is -2.18. The van der Waals surface area contributed by atoms with Gasteiger partial charge in [-0.15, -0.1) is 0 Å². The van der Waals surface area contributed by atoms with Crippen LogP contribution in [0.15, 0.2) is 6.20 Å². The Labute approximate surface area is 86.0 Å². The maximum absolute atomic E-state index is 9.55. The normalized spacial score (nSPS) is 12.1. The number of aromatic nitrogens is 2. The number of imidazole rings is 1. The van der Waals surface area contributed by atoms with Gasteiger partial charge < -0.3 is 9.67 Å². The highest BCUT2D eigenvalue weighted by Crippen LogP contribution is 2.10. The summed E-state index contributed by atoms with van der Waals surface area (Å²) < 4.78 is 2.93. The van der Waals surface area contributed by atoms with E-state index in [1.54, 1.807) is 13.8 Å². The van der Waals surface area contributed by atoms with Crippen LogP contribution in [0.4, 0.5) is 0 Å². The minimum Gasteiger partial charge on any atom is -0.389 e. The lowest BCUT2D eigenvalue weighted by atomic mass is 10.1. The van der Waals surface area contributed by atoms with Crippen molar-refractivity contribution < 1.29 is 5.11 Å². The van der Waals surface area contributed by atoms with Gasteiger partial charge in [-0.05, 0) is 43.4 Å². The Hall–Kier alpha value is -0.100. The minimum absolute atomic E-state index is 0.592. The molecule has 12 heavy (non-hydrogen) atoms. The number of nitrogens with zero attached hydrogens (tertiary/aromatic N) is 2. The largest absolute Gasteiger partial charge is 0.389 e. The highest BCUT2D eigenvalue weighted by atomic mass is 127. The molecule has 0 saturated heterocycles. The van der Waals surface area contributed by atoms with E-state index in [0.717, 1.165) is 9.53 Å². The number of rotatable bonds is 2. The van der Waals surface area contributed by atoms with Crippen molar-refractivity contribution in [3.63, 3.8) is 0 Å². The van der Waals surface area contributed by atoms with Crippen molar-refractivity contribution in [3.05, 3.63) is 15.7 Å². The molecule has 1 heterocycles. The molecule has 0 atom stereocenters. The Balaban J connectivity index is 2.82. The monoisotopic (exact) mass is 280 g/mol. The van der Waals surface area contributed by atoms with Crippen LogP contribution in [0.1, 0.15) is 19.7 Å². The van der Waals surface area contributed by atoms with Crippen LogP contribution >= 0.6 is 22.6 Å². The van der Waals surface area contributed by atoms with Gasteiger partial charge in [0, 0.05) is 6.20 Å². The lowest BCUT2D eigenvalue weighted by Crippen LogP contribution is -2.26. The van der Waals surface area contributed by atoms with E-state index in [1.807, 2.05) is 17.7 Å². The summed E-state index contributed by atoms with van der Waals surface area (Å²) in [7, 11) is 0. The van der Waals surface area contributed by atoms with Crippen LogP contribution in [0.5, 0.6) is 0 Å². The second-order valence-corrected chi connectivity index (χ2v) is 4.66. The molecular weight excluding hydrogens is 267 g/mol. The van der Waals surface area contributed by atoms with Gasteiger partial charge in [-0.2, -0.15) is 0 Å². The van der Waals surface area contributed by atoms with Crippen molar-refractivity contribution in [2.45, 2.75) is 32.9 Å². The van der Waals surface area contributed by atoms with Gasteiger partial charge in [0.15, 0.2) is 0 Å². The predicted molar refractivity (Wildman–Crippen MR) is 56.0 cm³/mol. The zero-order chi connectivity index (χ0) is 9.35. The molecule has 0 saturated carbocycles. The molecule has 0 amide bonds. The topological polar surface area (TPSA) is 38.0 Å². The van der Waals surface area contributed by atoms with Crippen LogP contribution in [-0.4, -0.2) is 20.3 Å². The Kier molecular flexibility index (Phi) is 2.77. The van der Waals surface area contributed by atoms with Gasteiger partial charge in [0.05, 0.1) is 12.1 Å². The summed E-state index contributed by atoms with van der Waals surface area (Å²) in [6.45, 7) is 6.11. The second-order valence-electron chi connectivity index (χ2n) is 3.55. The van der Waals surface area contributed by atoms with Crippen molar-refractivity contribution in [1.29, 1.82) is 0 Å². The first-order valence-corrected chi connectivity index (χ1v) is 4.88. The maximum Gasteiger partial charge on any atom is 0.119 e. The number of halogens is 1. The molecule has 0 bridgehead atoms. The maximum atomic E-state index is 9.55. The fourth-order valence-corrected chi connectivity index (χ4v) is 1.73. The summed E-state index contributed by atoms with van der Waals surface area (Å²) in [6.07, 6.45) is 1.94. The van der Waals surface area contributed by atoms with Gasteiger partial charge in [0.25, 0.3) is 0 Å². The van der Waals surface area contributed by atoms with E-state index in [9.17, 15) is 5.11 Å². The molecule has 1 rings (SSSR count). The van der Waals surface area contributed by atoms with E-state index < -0.39 is 5.60 Å². The number of hydrogen-bond acceptors (Lipinski definition) is 2. The third-order valence-electron chi connectivity index (χ3n) is 1.50. The van der Waals surface area contributed by atoms with E-state index in [4.69, 9.17) is 0 Å². The molecule has 1 aromatic rings. The van der Waals surface area contributed by atoms with Crippen molar-refractivity contribution in [1.82, 2.24) is 9.55 Å². The standard InChI is InChI=1S/C8H13IN2O/c1-6-10-7(9)4-11(6)5-8(2,3)12/h4,12H,5H2,1-3H3. The average Bonchev–Trinajstić information content (AvgIpc) is 2.06. The summed E-state index contributed by atoms with van der Waals surface area (Å²) in [6, 6.07) is 0. The third kappa shape index (κ3) is 2.75. The van der Waals surface area contributed by atoms with Crippen molar-refractivity contribution >= 4 is 22.6 Å². The molecular formula is C8H13IN2O. The molecule has 3 nitrogen and oxygen atoms in total. The van der Waals surface area contributed by atoms with Gasteiger partial charge in [-0.1, -0.05) is 0 Å². The molecule has 0 spiro atoms. The Morgan fingerprint density at radius 3 is 2.58 bits per heavy atom. The van der Waals surface area contributed by atoms with E-state index in [2.05, 4.69) is 27.6 Å². The van der Waals surface area contributed by atoms with Crippen LogP contribution < -0.4 is 0 Å². The molecule has 0 aliphatic carbocycles. The molecule has 0 unspecified atom stereocenters. The summed E-state index contributed by atoms with van der Waals surface area (Å²) in [4.78, 5) is 4.23. The number of hydrogen-bond donors (Lipinski definition) is 1. The summed E-state index contributed by atoms with van der Waals surface area (Å²) in [5.74, 6) is 0.946. The smallest absolute Gasteiger partial charge is 0.119 e. The predicted octanol–water partition coefficient (Wildman–Crippen LogP) is 1.57. The van der Waals surface area contributed by atoms with E-state index in [-0.39, 0.29) is 0 Å². The number of aryl methyl sites for hydroxylation is 1. The van der Waals surface area contributed by atoms with E-state index >= 15 is 0 Å². The third-order valence-corrected chi connectivity index (χ3v) is 2.02. The van der Waals surface area contributed by atoms with E-state index in [1.165, 1.54) is 0 Å². The summed E-state index contributed by atoms with van der Waals surface area (Å²) >= 11 is 2.16. The molecule has 1 N–H and O–H groups in total. The molecule has 1 aromatic heterocycles. The van der Waals surface area contributed by atoms with Crippen LogP contribution in [0.3, 0.4) is 0 Å². The van der Waals surface area contributed by atoms with Crippen LogP contribution in [0, 0.1) is 10.6 Å². The fraction of sp³-hybridized carbons (Fsp3) is 0.625. The lowest BCUT2D eigenvalue weighted by molar-refractivity contribution is 0.0608. The Morgan fingerprint density at radius 1 is 1.67 bits per heavy atom. The SMILES string of the molecule is Cc1nc(I)cn1CC(C)(C)O. The summed E-state index contributed by atoms with van der Waals surface area (Å²) in [5, 5.41) is 9.55. The van der Waals surface area contributed by atoms with Crippen molar-refractivity contribution in [2.24, 2.45) is 0 Å². The first-order valence-electron chi connectivity index (χ1n) is 3.80. The number of aliphatic hydroxyl groups is 1. The Bertz CT molecular complexity index is 275. The minimum atomic E-state index is -0.672. The van der Waals surface area contributed by atoms with Crippen LogP contribution in [0.25, 0.3) is 0 Å². The first kappa shape index (κ1) is 9.98. The summed E-state index contributed by atoms with van der Waals surface area (Å²) in [5.41, 5.74) is -0.672. The van der Waals surface area contributed by atoms with E-state index in [0.29, 0.717) is 6.54 Å². The van der Waals surface area contributed by atoms with Gasteiger partial charge in [0.1, 0.15) is 9.53 Å². The molecule has 0 aliphatic rings. The van der Waals surface area contributed by atoms with Gasteiger partial charge in [0.2, 0.25) is 0 Å². The quantitative estimate of drug-likeness (QED) is 0.835.